The van der Waals surface area contributed by atoms with Gasteiger partial charge in [0.25, 0.3) is 10.0 Å². The monoisotopic (exact) mass is 316 g/mol. The molecule has 1 saturated heterocycles. The second kappa shape index (κ2) is 6.04. The van der Waals surface area contributed by atoms with E-state index in [1.807, 2.05) is 0 Å². The Bertz CT molecular complexity index is 589. The molecule has 0 unspecified atom stereocenters. The number of H-pyrrole nitrogens is 1. The van der Waals surface area contributed by atoms with E-state index in [0.29, 0.717) is 17.8 Å². The fourth-order valence-corrected chi connectivity index (χ4v) is 3.89. The van der Waals surface area contributed by atoms with Gasteiger partial charge in [0.1, 0.15) is 0 Å². The first-order valence-electron chi connectivity index (χ1n) is 7.10. The zero-order chi connectivity index (χ0) is 15.7. The molecule has 1 aromatic rings. The van der Waals surface area contributed by atoms with Gasteiger partial charge < -0.3 is 10.0 Å². The third-order valence-corrected chi connectivity index (χ3v) is 5.70. The van der Waals surface area contributed by atoms with Crippen LogP contribution in [-0.4, -0.2) is 55.3 Å². The molecule has 0 radical (unpaired) electrons. The SMILES string of the molecule is Cc1[nH]nc(S(=O)(=O)NCC2(C)CCN(C)CC2)c1CO. The van der Waals surface area contributed by atoms with E-state index in [2.05, 4.69) is 33.8 Å². The Morgan fingerprint density at radius 2 is 2.05 bits per heavy atom. The highest BCUT2D eigenvalue weighted by atomic mass is 32.2. The van der Waals surface area contributed by atoms with Crippen LogP contribution in [0.1, 0.15) is 31.0 Å². The number of hydrogen-bond donors (Lipinski definition) is 3. The first-order valence-corrected chi connectivity index (χ1v) is 8.59. The Balaban J connectivity index is 2.08. The summed E-state index contributed by atoms with van der Waals surface area (Å²) in [5.74, 6) is 0. The molecule has 0 saturated carbocycles. The van der Waals surface area contributed by atoms with Crippen LogP contribution in [0.15, 0.2) is 5.03 Å². The van der Waals surface area contributed by atoms with Crippen LogP contribution < -0.4 is 4.72 Å². The highest BCUT2D eigenvalue weighted by Crippen LogP contribution is 2.30. The maximum atomic E-state index is 12.4. The van der Waals surface area contributed by atoms with Crippen molar-refractivity contribution in [2.75, 3.05) is 26.7 Å². The van der Waals surface area contributed by atoms with Crippen molar-refractivity contribution in [2.24, 2.45) is 5.41 Å². The van der Waals surface area contributed by atoms with Gasteiger partial charge in [0.15, 0.2) is 5.03 Å². The van der Waals surface area contributed by atoms with Crippen LogP contribution in [0.25, 0.3) is 0 Å². The minimum atomic E-state index is -3.70. The standard InChI is InChI=1S/C13H24N4O3S/c1-10-11(8-18)12(16-15-10)21(19,20)14-9-13(2)4-6-17(3)7-5-13/h14,18H,4-9H2,1-3H3,(H,15,16). The molecule has 1 aromatic heterocycles. The zero-order valence-electron chi connectivity index (χ0n) is 12.8. The van der Waals surface area contributed by atoms with Crippen molar-refractivity contribution in [1.82, 2.24) is 19.8 Å². The number of hydrogen-bond acceptors (Lipinski definition) is 5. The van der Waals surface area contributed by atoms with Gasteiger partial charge in [0, 0.05) is 17.8 Å². The molecule has 0 atom stereocenters. The average Bonchev–Trinajstić information content (AvgIpc) is 2.82. The number of aromatic nitrogens is 2. The lowest BCUT2D eigenvalue weighted by Crippen LogP contribution is -2.43. The molecule has 3 N–H and O–H groups in total. The number of aromatic amines is 1. The van der Waals surface area contributed by atoms with Gasteiger partial charge in [0.05, 0.1) is 6.61 Å². The van der Waals surface area contributed by atoms with Crippen LogP contribution in [0.2, 0.25) is 0 Å². The molecule has 120 valence electrons. The molecule has 1 fully saturated rings. The summed E-state index contributed by atoms with van der Waals surface area (Å²) in [4.78, 5) is 2.25. The van der Waals surface area contributed by atoms with Crippen LogP contribution in [0.3, 0.4) is 0 Å². The van der Waals surface area contributed by atoms with E-state index in [1.54, 1.807) is 6.92 Å². The van der Waals surface area contributed by atoms with Crippen molar-refractivity contribution in [1.29, 1.82) is 0 Å². The fraction of sp³-hybridized carbons (Fsp3) is 0.769. The predicted octanol–water partition coefficient (Wildman–Crippen LogP) is 0.221. The van der Waals surface area contributed by atoms with Gasteiger partial charge in [-0.15, -0.1) is 0 Å². The Hall–Kier alpha value is -0.960. The zero-order valence-corrected chi connectivity index (χ0v) is 13.6. The Labute approximate surface area is 125 Å². The summed E-state index contributed by atoms with van der Waals surface area (Å²) in [6.45, 7) is 5.78. The van der Waals surface area contributed by atoms with Gasteiger partial charge in [-0.2, -0.15) is 5.10 Å². The summed E-state index contributed by atoms with van der Waals surface area (Å²) in [7, 11) is -1.63. The average molecular weight is 316 g/mol. The molecule has 0 bridgehead atoms. The van der Waals surface area contributed by atoms with E-state index in [1.165, 1.54) is 0 Å². The molecule has 21 heavy (non-hydrogen) atoms. The molecule has 7 nitrogen and oxygen atoms in total. The Morgan fingerprint density at radius 3 is 2.62 bits per heavy atom. The third-order valence-electron chi connectivity index (χ3n) is 4.33. The normalized spacial score (nSPS) is 19.8. The van der Waals surface area contributed by atoms with Gasteiger partial charge in [-0.25, -0.2) is 13.1 Å². The quantitative estimate of drug-likeness (QED) is 0.722. The van der Waals surface area contributed by atoms with E-state index in [0.717, 1.165) is 25.9 Å². The van der Waals surface area contributed by atoms with Gasteiger partial charge in [-0.3, -0.25) is 5.10 Å². The molecule has 1 aliphatic rings. The van der Waals surface area contributed by atoms with Crippen LogP contribution in [0.5, 0.6) is 0 Å². The van der Waals surface area contributed by atoms with E-state index in [-0.39, 0.29) is 17.0 Å². The van der Waals surface area contributed by atoms with Crippen molar-refractivity contribution < 1.29 is 13.5 Å². The van der Waals surface area contributed by atoms with E-state index in [4.69, 9.17) is 0 Å². The van der Waals surface area contributed by atoms with E-state index >= 15 is 0 Å². The first kappa shape index (κ1) is 16.4. The molecule has 1 aliphatic heterocycles. The molecule has 2 heterocycles. The number of rotatable bonds is 5. The summed E-state index contributed by atoms with van der Waals surface area (Å²) < 4.78 is 27.4. The summed E-state index contributed by atoms with van der Waals surface area (Å²) in [5.41, 5.74) is 0.865. The first-order chi connectivity index (χ1) is 9.77. The molecular formula is C13H24N4O3S. The molecule has 2 rings (SSSR count). The summed E-state index contributed by atoms with van der Waals surface area (Å²) >= 11 is 0. The minimum Gasteiger partial charge on any atom is -0.392 e. The van der Waals surface area contributed by atoms with Gasteiger partial charge in [0.2, 0.25) is 0 Å². The molecule has 0 aromatic carbocycles. The number of sulfonamides is 1. The summed E-state index contributed by atoms with van der Waals surface area (Å²) in [5, 5.41) is 15.6. The smallest absolute Gasteiger partial charge is 0.260 e. The van der Waals surface area contributed by atoms with Crippen molar-refractivity contribution in [3.8, 4) is 0 Å². The second-order valence-corrected chi connectivity index (χ2v) is 7.91. The number of nitrogens with one attached hydrogen (secondary N) is 2. The van der Waals surface area contributed by atoms with E-state index in [9.17, 15) is 13.5 Å². The summed E-state index contributed by atoms with van der Waals surface area (Å²) in [6.07, 6.45) is 1.91. The van der Waals surface area contributed by atoms with Gasteiger partial charge >= 0.3 is 0 Å². The van der Waals surface area contributed by atoms with Crippen molar-refractivity contribution >= 4 is 10.0 Å². The maximum absolute atomic E-state index is 12.4. The fourth-order valence-electron chi connectivity index (χ4n) is 2.51. The molecular weight excluding hydrogens is 292 g/mol. The maximum Gasteiger partial charge on any atom is 0.260 e. The van der Waals surface area contributed by atoms with E-state index < -0.39 is 10.0 Å². The second-order valence-electron chi connectivity index (χ2n) is 6.23. The number of aliphatic hydroxyl groups is 1. The lowest BCUT2D eigenvalue weighted by molar-refractivity contribution is 0.143. The minimum absolute atomic E-state index is 0.0374. The molecule has 0 spiro atoms. The third kappa shape index (κ3) is 3.63. The Kier molecular flexibility index (Phi) is 4.72. The van der Waals surface area contributed by atoms with Crippen LogP contribution in [-0.2, 0) is 16.6 Å². The topological polar surface area (TPSA) is 98.3 Å². The highest BCUT2D eigenvalue weighted by Gasteiger charge is 2.32. The van der Waals surface area contributed by atoms with Gasteiger partial charge in [-0.1, -0.05) is 6.92 Å². The lowest BCUT2D eigenvalue weighted by atomic mass is 9.81. The summed E-state index contributed by atoms with van der Waals surface area (Å²) in [6, 6.07) is 0. The molecule has 0 aliphatic carbocycles. The number of aliphatic hydroxyl groups excluding tert-OH is 1. The lowest BCUT2D eigenvalue weighted by Gasteiger charge is -2.37. The number of piperidine rings is 1. The van der Waals surface area contributed by atoms with Crippen LogP contribution >= 0.6 is 0 Å². The molecule has 8 heteroatoms. The largest absolute Gasteiger partial charge is 0.392 e. The van der Waals surface area contributed by atoms with Gasteiger partial charge in [-0.05, 0) is 45.3 Å². The van der Waals surface area contributed by atoms with Crippen LogP contribution in [0, 0.1) is 12.3 Å². The van der Waals surface area contributed by atoms with Crippen molar-refractivity contribution in [3.63, 3.8) is 0 Å². The van der Waals surface area contributed by atoms with Crippen LogP contribution in [0.4, 0.5) is 0 Å². The Morgan fingerprint density at radius 1 is 1.43 bits per heavy atom. The van der Waals surface area contributed by atoms with Crippen molar-refractivity contribution in [3.05, 3.63) is 11.3 Å². The highest BCUT2D eigenvalue weighted by molar-refractivity contribution is 7.89. The number of likely N-dealkylation sites (tertiary alicyclic amines) is 1. The molecule has 0 amide bonds. The number of aryl methyl sites for hydroxylation is 1. The predicted molar refractivity (Wildman–Crippen MR) is 79.3 cm³/mol. The number of nitrogens with zero attached hydrogens (tertiary/aromatic N) is 2. The van der Waals surface area contributed by atoms with Crippen molar-refractivity contribution in [2.45, 2.75) is 38.3 Å².